The third-order valence-corrected chi connectivity index (χ3v) is 10.3. The quantitative estimate of drug-likeness (QED) is 0.180. The molecule has 0 saturated carbocycles. The lowest BCUT2D eigenvalue weighted by Gasteiger charge is -2.27. The molecule has 0 amide bonds. The van der Waals surface area contributed by atoms with E-state index in [9.17, 15) is 5.11 Å². The zero-order chi connectivity index (χ0) is 37.7. The van der Waals surface area contributed by atoms with E-state index in [-0.39, 0.29) is 10.8 Å². The van der Waals surface area contributed by atoms with Crippen molar-refractivity contribution < 1.29 is 5.11 Å². The molecule has 0 radical (unpaired) electrons. The van der Waals surface area contributed by atoms with Gasteiger partial charge in [-0.05, 0) is 98.5 Å². The van der Waals surface area contributed by atoms with E-state index in [0.29, 0.717) is 11.7 Å². The van der Waals surface area contributed by atoms with E-state index in [0.717, 1.165) is 67.9 Å². The molecule has 5 aromatic carbocycles. The van der Waals surface area contributed by atoms with Gasteiger partial charge >= 0.3 is 0 Å². The molecule has 0 aliphatic heterocycles. The molecule has 0 atom stereocenters. The Bertz CT molecular complexity index is 2420. The summed E-state index contributed by atoms with van der Waals surface area (Å²) < 4.78 is 2.16. The first-order chi connectivity index (χ1) is 25.2. The number of pyridine rings is 1. The predicted octanol–water partition coefficient (Wildman–Crippen LogP) is 12.8. The van der Waals surface area contributed by atoms with Crippen molar-refractivity contribution in [2.45, 2.75) is 72.6 Å². The van der Waals surface area contributed by atoms with Gasteiger partial charge in [0.25, 0.3) is 0 Å². The normalized spacial score (nSPS) is 12.2. The summed E-state index contributed by atoms with van der Waals surface area (Å²) in [5.41, 5.74) is 14.6. The van der Waals surface area contributed by atoms with Gasteiger partial charge in [0.05, 0.1) is 22.3 Å². The van der Waals surface area contributed by atoms with E-state index in [1.807, 2.05) is 12.3 Å². The maximum atomic E-state index is 11.9. The van der Waals surface area contributed by atoms with Crippen LogP contribution >= 0.6 is 0 Å². The first-order valence-electron chi connectivity index (χ1n) is 18.8. The molecule has 0 aliphatic carbocycles. The highest BCUT2D eigenvalue weighted by molar-refractivity contribution is 5.96. The number of aromatic nitrogens is 3. The predicted molar refractivity (Wildman–Crippen MR) is 223 cm³/mol. The second-order valence-electron chi connectivity index (χ2n) is 17.0. The molecular weight excluding hydrogens is 647 g/mol. The van der Waals surface area contributed by atoms with Crippen LogP contribution in [0.1, 0.15) is 72.1 Å². The fourth-order valence-electron chi connectivity index (χ4n) is 7.31. The molecule has 7 aromatic rings. The molecule has 7 rings (SSSR count). The minimum atomic E-state index is -0.238. The molecule has 268 valence electrons. The Morgan fingerprint density at radius 3 is 1.92 bits per heavy atom. The number of hydrogen-bond donors (Lipinski definition) is 1. The van der Waals surface area contributed by atoms with E-state index < -0.39 is 0 Å². The lowest BCUT2D eigenvalue weighted by atomic mass is 9.79. The maximum Gasteiger partial charge on any atom is 0.144 e. The van der Waals surface area contributed by atoms with Gasteiger partial charge in [0.2, 0.25) is 0 Å². The van der Waals surface area contributed by atoms with Gasteiger partial charge in [-0.25, -0.2) is 4.98 Å². The van der Waals surface area contributed by atoms with Gasteiger partial charge in [-0.2, -0.15) is 0 Å². The van der Waals surface area contributed by atoms with Gasteiger partial charge in [-0.1, -0.05) is 134 Å². The second-order valence-corrected chi connectivity index (χ2v) is 17.0. The summed E-state index contributed by atoms with van der Waals surface area (Å²) in [5, 5.41) is 11.9. The SMILES string of the molecule is CC(C)Cc1cc(-c2cccc(-c3cc(-c4ccc(-c5ccccc5)cc4)ccn3)c2)c2nc(-c3cc(C(C)(C)C)cc(C(C)(C)C)c3O)n(C)c2c1. The largest absolute Gasteiger partial charge is 0.507 e. The molecule has 1 N–H and O–H groups in total. The van der Waals surface area contributed by atoms with Crippen molar-refractivity contribution in [1.29, 1.82) is 0 Å². The van der Waals surface area contributed by atoms with Crippen molar-refractivity contribution in [3.8, 4) is 61.8 Å². The molecule has 2 aromatic heterocycles. The number of phenolic OH excluding ortho intramolecular Hbond substituents is 1. The van der Waals surface area contributed by atoms with Crippen LogP contribution in [0.15, 0.2) is 121 Å². The van der Waals surface area contributed by atoms with E-state index in [1.165, 1.54) is 22.3 Å². The van der Waals surface area contributed by atoms with Gasteiger partial charge in [0.1, 0.15) is 11.6 Å². The summed E-state index contributed by atoms with van der Waals surface area (Å²) >= 11 is 0. The van der Waals surface area contributed by atoms with Gasteiger partial charge in [-0.3, -0.25) is 4.98 Å². The topological polar surface area (TPSA) is 50.9 Å². The summed E-state index contributed by atoms with van der Waals surface area (Å²) in [4.78, 5) is 10.2. The highest BCUT2D eigenvalue weighted by Crippen LogP contribution is 2.43. The molecule has 0 bridgehead atoms. The Morgan fingerprint density at radius 1 is 0.623 bits per heavy atom. The molecule has 0 aliphatic rings. The zero-order valence-electron chi connectivity index (χ0n) is 32.6. The summed E-state index contributed by atoms with van der Waals surface area (Å²) in [6, 6.07) is 41.0. The van der Waals surface area contributed by atoms with Crippen LogP contribution in [0.3, 0.4) is 0 Å². The van der Waals surface area contributed by atoms with Crippen molar-refractivity contribution in [2.24, 2.45) is 13.0 Å². The monoisotopic (exact) mass is 697 g/mol. The summed E-state index contributed by atoms with van der Waals surface area (Å²) in [6.45, 7) is 17.7. The summed E-state index contributed by atoms with van der Waals surface area (Å²) in [5.74, 6) is 1.56. The van der Waals surface area contributed by atoms with E-state index in [4.69, 9.17) is 9.97 Å². The highest BCUT2D eigenvalue weighted by Gasteiger charge is 2.28. The van der Waals surface area contributed by atoms with E-state index >= 15 is 0 Å². The van der Waals surface area contributed by atoms with Crippen LogP contribution in [-0.4, -0.2) is 19.6 Å². The molecule has 0 fully saturated rings. The Morgan fingerprint density at radius 2 is 1.26 bits per heavy atom. The highest BCUT2D eigenvalue weighted by atomic mass is 16.3. The van der Waals surface area contributed by atoms with Crippen LogP contribution in [-0.2, 0) is 24.3 Å². The van der Waals surface area contributed by atoms with Crippen LogP contribution in [0, 0.1) is 5.92 Å². The van der Waals surface area contributed by atoms with Crippen molar-refractivity contribution in [3.05, 3.63) is 138 Å². The Hall–Kier alpha value is -5.48. The van der Waals surface area contributed by atoms with Crippen molar-refractivity contribution in [2.75, 3.05) is 0 Å². The number of fused-ring (bicyclic) bond motifs is 1. The minimum Gasteiger partial charge on any atom is -0.507 e. The lowest BCUT2D eigenvalue weighted by molar-refractivity contribution is 0.446. The van der Waals surface area contributed by atoms with Crippen molar-refractivity contribution in [1.82, 2.24) is 14.5 Å². The Labute approximate surface area is 315 Å². The molecule has 4 nitrogen and oxygen atoms in total. The number of phenols is 1. The third-order valence-electron chi connectivity index (χ3n) is 10.3. The number of nitrogens with zero attached hydrogens (tertiary/aromatic N) is 3. The average molecular weight is 698 g/mol. The molecule has 53 heavy (non-hydrogen) atoms. The molecule has 2 heterocycles. The minimum absolute atomic E-state index is 0.0972. The number of aromatic hydroxyl groups is 1. The lowest BCUT2D eigenvalue weighted by Crippen LogP contribution is -2.17. The third kappa shape index (κ3) is 7.28. The van der Waals surface area contributed by atoms with Crippen LogP contribution in [0.5, 0.6) is 5.75 Å². The number of imidazole rings is 1. The van der Waals surface area contributed by atoms with Crippen LogP contribution in [0.25, 0.3) is 67.1 Å². The smallest absolute Gasteiger partial charge is 0.144 e. The second kappa shape index (κ2) is 13.8. The van der Waals surface area contributed by atoms with Crippen LogP contribution < -0.4 is 0 Å². The van der Waals surface area contributed by atoms with Gasteiger partial charge < -0.3 is 9.67 Å². The maximum absolute atomic E-state index is 11.9. The number of hydrogen-bond acceptors (Lipinski definition) is 3. The zero-order valence-corrected chi connectivity index (χ0v) is 32.6. The fraction of sp³-hybridized carbons (Fsp3) is 0.265. The molecular formula is C49H51N3O. The standard InChI is InChI=1S/C49H51N3O/c1-31(2)24-32-25-40(45-44(26-32)52(9)47(51-45)41-29-39(48(3,4)5)30-42(46(41)53)49(6,7)8)37-16-13-17-38(27-37)43-28-36(22-23-50-43)35-20-18-34(19-21-35)33-14-11-10-12-15-33/h10-23,25-31,53H,24H2,1-9H3. The number of aryl methyl sites for hydroxylation is 1. The molecule has 0 spiro atoms. The summed E-state index contributed by atoms with van der Waals surface area (Å²) in [7, 11) is 2.08. The van der Waals surface area contributed by atoms with Crippen LogP contribution in [0.4, 0.5) is 0 Å². The molecule has 0 saturated heterocycles. The van der Waals surface area contributed by atoms with Gasteiger partial charge in [0.15, 0.2) is 0 Å². The number of rotatable bonds is 7. The van der Waals surface area contributed by atoms with Gasteiger partial charge in [0, 0.05) is 29.9 Å². The van der Waals surface area contributed by atoms with E-state index in [2.05, 4.69) is 176 Å². The molecule has 4 heteroatoms. The van der Waals surface area contributed by atoms with Gasteiger partial charge in [-0.15, -0.1) is 0 Å². The first kappa shape index (κ1) is 35.9. The first-order valence-corrected chi connectivity index (χ1v) is 18.8. The van der Waals surface area contributed by atoms with Crippen LogP contribution in [0.2, 0.25) is 0 Å². The fourth-order valence-corrected chi connectivity index (χ4v) is 7.31. The summed E-state index contributed by atoms with van der Waals surface area (Å²) in [6.07, 6.45) is 2.85. The van der Waals surface area contributed by atoms with E-state index in [1.54, 1.807) is 0 Å². The molecule has 0 unspecified atom stereocenters. The Kier molecular flexibility index (Phi) is 9.36. The van der Waals surface area contributed by atoms with Crippen molar-refractivity contribution in [3.63, 3.8) is 0 Å². The number of benzene rings is 5. The average Bonchev–Trinajstić information content (AvgIpc) is 3.46. The Balaban J connectivity index is 1.34. The van der Waals surface area contributed by atoms with Crippen molar-refractivity contribution >= 4 is 11.0 Å².